The molecule has 0 saturated carbocycles. The van der Waals surface area contributed by atoms with Crippen LogP contribution in [0, 0.1) is 0 Å². The molecule has 3 nitrogen and oxygen atoms in total. The Kier molecular flexibility index (Phi) is 4.64. The molecule has 0 aliphatic carbocycles. The number of carboxylic acid groups (broad SMARTS) is 1. The molecule has 0 amide bonds. The number of benzene rings is 1. The van der Waals surface area contributed by atoms with Crippen LogP contribution < -0.4 is 5.32 Å². The first kappa shape index (κ1) is 15.5. The minimum atomic E-state index is -4.59. The lowest BCUT2D eigenvalue weighted by molar-refractivity contribution is -0.142. The highest BCUT2D eigenvalue weighted by molar-refractivity contribution is 7.09. The molecule has 1 aromatic heterocycles. The van der Waals surface area contributed by atoms with Crippen molar-refractivity contribution in [1.82, 2.24) is 5.32 Å². The molecule has 0 spiro atoms. The Morgan fingerprint density at radius 3 is 2.52 bits per heavy atom. The molecule has 1 unspecified atom stereocenters. The third kappa shape index (κ3) is 3.83. The predicted molar refractivity (Wildman–Crippen MR) is 73.0 cm³/mol. The second-order valence-electron chi connectivity index (χ2n) is 4.32. The monoisotopic (exact) mass is 315 g/mol. The highest BCUT2D eigenvalue weighted by Crippen LogP contribution is 2.34. The van der Waals surface area contributed by atoms with Crippen molar-refractivity contribution in [3.63, 3.8) is 0 Å². The topological polar surface area (TPSA) is 49.3 Å². The van der Waals surface area contributed by atoms with Gasteiger partial charge in [-0.3, -0.25) is 10.1 Å². The lowest BCUT2D eigenvalue weighted by atomic mass is 10.00. The largest absolute Gasteiger partial charge is 0.480 e. The minimum absolute atomic E-state index is 0.195. The first-order chi connectivity index (χ1) is 9.89. The van der Waals surface area contributed by atoms with Gasteiger partial charge in [-0.15, -0.1) is 11.3 Å². The van der Waals surface area contributed by atoms with Gasteiger partial charge in [0.25, 0.3) is 0 Å². The second kappa shape index (κ2) is 6.28. The maximum absolute atomic E-state index is 13.0. The summed E-state index contributed by atoms with van der Waals surface area (Å²) in [4.78, 5) is 12.2. The van der Waals surface area contributed by atoms with Crippen molar-refractivity contribution in [2.24, 2.45) is 0 Å². The Morgan fingerprint density at radius 2 is 1.95 bits per heavy atom. The van der Waals surface area contributed by atoms with E-state index in [1.807, 2.05) is 5.38 Å². The van der Waals surface area contributed by atoms with E-state index in [-0.39, 0.29) is 12.1 Å². The first-order valence-corrected chi connectivity index (χ1v) is 6.92. The third-order valence-electron chi connectivity index (χ3n) is 2.88. The molecule has 112 valence electrons. The maximum atomic E-state index is 13.0. The van der Waals surface area contributed by atoms with Gasteiger partial charge in [0.15, 0.2) is 0 Å². The zero-order valence-electron chi connectivity index (χ0n) is 10.7. The number of aliphatic carboxylic acids is 1. The molecule has 2 aromatic rings. The van der Waals surface area contributed by atoms with Crippen molar-refractivity contribution in [2.45, 2.75) is 18.8 Å². The number of halogens is 3. The predicted octanol–water partition coefficient (Wildman–Crippen LogP) is 3.68. The maximum Gasteiger partial charge on any atom is 0.416 e. The van der Waals surface area contributed by atoms with E-state index in [9.17, 15) is 23.1 Å². The Labute approximate surface area is 123 Å². The van der Waals surface area contributed by atoms with Crippen LogP contribution in [0.5, 0.6) is 0 Å². The molecule has 0 aliphatic rings. The SMILES string of the molecule is O=C(O)C(NCc1cccs1)c1ccccc1C(F)(F)F. The number of hydrogen-bond acceptors (Lipinski definition) is 3. The molecule has 0 radical (unpaired) electrons. The smallest absolute Gasteiger partial charge is 0.416 e. The van der Waals surface area contributed by atoms with E-state index < -0.39 is 23.8 Å². The number of carboxylic acids is 1. The van der Waals surface area contributed by atoms with Crippen LogP contribution in [-0.2, 0) is 17.5 Å². The van der Waals surface area contributed by atoms with Crippen molar-refractivity contribution in [3.05, 3.63) is 57.8 Å². The lowest BCUT2D eigenvalue weighted by Crippen LogP contribution is -2.30. The van der Waals surface area contributed by atoms with Gasteiger partial charge in [-0.05, 0) is 23.1 Å². The van der Waals surface area contributed by atoms with E-state index in [1.165, 1.54) is 29.5 Å². The fourth-order valence-corrected chi connectivity index (χ4v) is 2.61. The van der Waals surface area contributed by atoms with Crippen LogP contribution in [0.15, 0.2) is 41.8 Å². The van der Waals surface area contributed by atoms with Gasteiger partial charge in [-0.25, -0.2) is 0 Å². The van der Waals surface area contributed by atoms with Gasteiger partial charge < -0.3 is 5.11 Å². The van der Waals surface area contributed by atoms with Crippen molar-refractivity contribution in [3.8, 4) is 0 Å². The molecule has 0 bridgehead atoms. The molecule has 1 atom stereocenters. The van der Waals surface area contributed by atoms with Gasteiger partial charge in [-0.2, -0.15) is 13.2 Å². The molecular formula is C14H12F3NO2S. The quantitative estimate of drug-likeness (QED) is 0.885. The molecule has 2 rings (SSSR count). The van der Waals surface area contributed by atoms with Crippen LogP contribution >= 0.6 is 11.3 Å². The summed E-state index contributed by atoms with van der Waals surface area (Å²) in [7, 11) is 0. The fourth-order valence-electron chi connectivity index (χ4n) is 1.95. The molecule has 7 heteroatoms. The van der Waals surface area contributed by atoms with Gasteiger partial charge in [0.05, 0.1) is 5.56 Å². The molecule has 0 saturated heterocycles. The fraction of sp³-hybridized carbons (Fsp3) is 0.214. The summed E-state index contributed by atoms with van der Waals surface area (Å²) in [5.74, 6) is -1.34. The summed E-state index contributed by atoms with van der Waals surface area (Å²) in [6.07, 6.45) is -4.59. The van der Waals surface area contributed by atoms with Crippen LogP contribution in [0.2, 0.25) is 0 Å². The van der Waals surface area contributed by atoms with E-state index in [1.54, 1.807) is 12.1 Å². The summed E-state index contributed by atoms with van der Waals surface area (Å²) in [6, 6.07) is 6.87. The molecule has 0 aliphatic heterocycles. The van der Waals surface area contributed by atoms with Crippen LogP contribution in [0.25, 0.3) is 0 Å². The Morgan fingerprint density at radius 1 is 1.24 bits per heavy atom. The summed E-state index contributed by atoms with van der Waals surface area (Å²) in [5.41, 5.74) is -1.22. The highest BCUT2D eigenvalue weighted by atomic mass is 32.1. The van der Waals surface area contributed by atoms with E-state index in [0.717, 1.165) is 10.9 Å². The van der Waals surface area contributed by atoms with Crippen molar-refractivity contribution >= 4 is 17.3 Å². The second-order valence-corrected chi connectivity index (χ2v) is 5.35. The molecule has 21 heavy (non-hydrogen) atoms. The van der Waals surface area contributed by atoms with Crippen molar-refractivity contribution < 1.29 is 23.1 Å². The average Bonchev–Trinajstić information content (AvgIpc) is 2.91. The number of hydrogen-bond donors (Lipinski definition) is 2. The Balaban J connectivity index is 2.28. The summed E-state index contributed by atoms with van der Waals surface area (Å²) in [6.45, 7) is 0.195. The van der Waals surface area contributed by atoms with E-state index in [2.05, 4.69) is 5.32 Å². The summed E-state index contributed by atoms with van der Waals surface area (Å²) >= 11 is 1.40. The summed E-state index contributed by atoms with van der Waals surface area (Å²) in [5, 5.41) is 13.7. The van der Waals surface area contributed by atoms with Crippen LogP contribution in [0.4, 0.5) is 13.2 Å². The molecular weight excluding hydrogens is 303 g/mol. The van der Waals surface area contributed by atoms with Gasteiger partial charge in [0, 0.05) is 11.4 Å². The van der Waals surface area contributed by atoms with E-state index >= 15 is 0 Å². The van der Waals surface area contributed by atoms with E-state index in [0.29, 0.717) is 0 Å². The van der Waals surface area contributed by atoms with Gasteiger partial charge in [0.2, 0.25) is 0 Å². The van der Waals surface area contributed by atoms with E-state index in [4.69, 9.17) is 0 Å². The zero-order chi connectivity index (χ0) is 15.5. The minimum Gasteiger partial charge on any atom is -0.480 e. The Bertz CT molecular complexity index is 611. The van der Waals surface area contributed by atoms with Crippen LogP contribution in [-0.4, -0.2) is 11.1 Å². The summed E-state index contributed by atoms with van der Waals surface area (Å²) < 4.78 is 38.9. The highest BCUT2D eigenvalue weighted by Gasteiger charge is 2.36. The number of alkyl halides is 3. The van der Waals surface area contributed by atoms with Crippen LogP contribution in [0.1, 0.15) is 22.0 Å². The molecule has 0 fully saturated rings. The zero-order valence-corrected chi connectivity index (χ0v) is 11.5. The van der Waals surface area contributed by atoms with Gasteiger partial charge in [0.1, 0.15) is 6.04 Å². The number of carbonyl (C=O) groups is 1. The van der Waals surface area contributed by atoms with Crippen molar-refractivity contribution in [2.75, 3.05) is 0 Å². The standard InChI is InChI=1S/C14H12F3NO2S/c15-14(16,17)11-6-2-1-5-10(11)12(13(19)20)18-8-9-4-3-7-21-9/h1-7,12,18H,8H2,(H,19,20). The molecule has 1 heterocycles. The van der Waals surface area contributed by atoms with Gasteiger partial charge >= 0.3 is 12.1 Å². The first-order valence-electron chi connectivity index (χ1n) is 6.04. The van der Waals surface area contributed by atoms with Crippen LogP contribution in [0.3, 0.4) is 0 Å². The lowest BCUT2D eigenvalue weighted by Gasteiger charge is -2.19. The van der Waals surface area contributed by atoms with Gasteiger partial charge in [-0.1, -0.05) is 24.3 Å². The molecule has 1 aromatic carbocycles. The number of nitrogens with one attached hydrogen (secondary N) is 1. The third-order valence-corrected chi connectivity index (χ3v) is 3.76. The average molecular weight is 315 g/mol. The number of thiophene rings is 1. The Hall–Kier alpha value is -1.86. The molecule has 2 N–H and O–H groups in total. The normalized spacial score (nSPS) is 13.1. The van der Waals surface area contributed by atoms with Crippen molar-refractivity contribution in [1.29, 1.82) is 0 Å². The number of rotatable bonds is 5.